The molecule has 0 aliphatic carbocycles. The number of hydrogen-bond donors (Lipinski definition) is 0. The fraction of sp³-hybridized carbons (Fsp3) is 0.429. The molecule has 2 aromatic rings. The summed E-state index contributed by atoms with van der Waals surface area (Å²) in [5, 5.41) is 8.49. The smallest absolute Gasteiger partial charge is 0.163 e. The third kappa shape index (κ3) is 3.23. The summed E-state index contributed by atoms with van der Waals surface area (Å²) >= 11 is 5.93. The van der Waals surface area contributed by atoms with Crippen LogP contribution in [0.15, 0.2) is 24.5 Å². The number of aromatic nitrogens is 3. The van der Waals surface area contributed by atoms with Crippen molar-refractivity contribution in [3.8, 4) is 0 Å². The maximum atomic E-state index is 13.8. The Morgan fingerprint density at radius 3 is 3.10 bits per heavy atom. The highest BCUT2D eigenvalue weighted by molar-refractivity contribution is 6.30. The number of morpholine rings is 1. The van der Waals surface area contributed by atoms with Gasteiger partial charge in [-0.1, -0.05) is 11.6 Å². The molecule has 0 radical (unpaired) electrons. The molecule has 0 unspecified atom stereocenters. The SMILES string of the molecule is Cn1cnnc1[C@@H]1CN(Cc2cc(Cl)ccc2F)CCO1. The molecule has 0 amide bonds. The van der Waals surface area contributed by atoms with Crippen molar-refractivity contribution >= 4 is 11.6 Å². The van der Waals surface area contributed by atoms with E-state index in [0.29, 0.717) is 30.3 Å². The van der Waals surface area contributed by atoms with Crippen LogP contribution in [-0.4, -0.2) is 39.4 Å². The van der Waals surface area contributed by atoms with Gasteiger partial charge >= 0.3 is 0 Å². The minimum absolute atomic E-state index is 0.145. The molecule has 7 heteroatoms. The Morgan fingerprint density at radius 1 is 1.48 bits per heavy atom. The van der Waals surface area contributed by atoms with Gasteiger partial charge in [-0.2, -0.15) is 0 Å². The van der Waals surface area contributed by atoms with Crippen molar-refractivity contribution in [2.75, 3.05) is 19.7 Å². The van der Waals surface area contributed by atoms with E-state index in [1.54, 1.807) is 18.5 Å². The molecule has 1 saturated heterocycles. The molecule has 1 aliphatic rings. The van der Waals surface area contributed by atoms with E-state index in [4.69, 9.17) is 16.3 Å². The highest BCUT2D eigenvalue weighted by Gasteiger charge is 2.25. The lowest BCUT2D eigenvalue weighted by Crippen LogP contribution is -2.38. The average Bonchev–Trinajstić information content (AvgIpc) is 2.89. The largest absolute Gasteiger partial charge is 0.368 e. The Bertz CT molecular complexity index is 633. The topological polar surface area (TPSA) is 43.2 Å². The van der Waals surface area contributed by atoms with E-state index in [1.165, 1.54) is 6.07 Å². The van der Waals surface area contributed by atoms with E-state index in [9.17, 15) is 4.39 Å². The molecule has 1 aromatic heterocycles. The standard InChI is InChI=1S/C14H16ClFN4O/c1-19-9-17-18-14(19)13-8-20(4-5-21-13)7-10-6-11(15)2-3-12(10)16/h2-3,6,9,13H,4-5,7-8H2,1H3/t13-/m0/s1. The monoisotopic (exact) mass is 310 g/mol. The highest BCUT2D eigenvalue weighted by Crippen LogP contribution is 2.23. The summed E-state index contributed by atoms with van der Waals surface area (Å²) in [6.07, 6.45) is 1.50. The summed E-state index contributed by atoms with van der Waals surface area (Å²) < 4.78 is 21.4. The first-order chi connectivity index (χ1) is 10.1. The lowest BCUT2D eigenvalue weighted by atomic mass is 10.1. The third-order valence-corrected chi connectivity index (χ3v) is 3.82. The van der Waals surface area contributed by atoms with Gasteiger partial charge in [0.25, 0.3) is 0 Å². The van der Waals surface area contributed by atoms with Crippen LogP contribution in [0.2, 0.25) is 5.02 Å². The minimum atomic E-state index is -0.235. The van der Waals surface area contributed by atoms with Crippen LogP contribution < -0.4 is 0 Å². The Hall–Kier alpha value is -1.50. The third-order valence-electron chi connectivity index (χ3n) is 3.59. The number of nitrogens with zero attached hydrogens (tertiary/aromatic N) is 4. The normalized spacial score (nSPS) is 19.9. The van der Waals surface area contributed by atoms with Crippen LogP contribution in [0.25, 0.3) is 0 Å². The number of rotatable bonds is 3. The zero-order valence-corrected chi connectivity index (χ0v) is 12.4. The second-order valence-electron chi connectivity index (χ2n) is 5.13. The fourth-order valence-electron chi connectivity index (χ4n) is 2.49. The second-order valence-corrected chi connectivity index (χ2v) is 5.57. The fourth-order valence-corrected chi connectivity index (χ4v) is 2.69. The molecule has 3 rings (SSSR count). The maximum Gasteiger partial charge on any atom is 0.163 e. The minimum Gasteiger partial charge on any atom is -0.368 e. The average molecular weight is 311 g/mol. The molecule has 21 heavy (non-hydrogen) atoms. The van der Waals surface area contributed by atoms with Crippen molar-refractivity contribution in [2.24, 2.45) is 7.05 Å². The van der Waals surface area contributed by atoms with Gasteiger partial charge in [-0.15, -0.1) is 10.2 Å². The molecule has 0 N–H and O–H groups in total. The summed E-state index contributed by atoms with van der Waals surface area (Å²) in [4.78, 5) is 2.14. The molecular weight excluding hydrogens is 295 g/mol. The predicted molar refractivity (Wildman–Crippen MR) is 76.4 cm³/mol. The Kier molecular flexibility index (Phi) is 4.19. The van der Waals surface area contributed by atoms with E-state index < -0.39 is 0 Å². The molecule has 1 fully saturated rings. The number of benzene rings is 1. The van der Waals surface area contributed by atoms with E-state index >= 15 is 0 Å². The van der Waals surface area contributed by atoms with Crippen molar-refractivity contribution in [1.29, 1.82) is 0 Å². The summed E-state index contributed by atoms with van der Waals surface area (Å²) in [6.45, 7) is 2.49. The van der Waals surface area contributed by atoms with Crippen LogP contribution in [0.4, 0.5) is 4.39 Å². The summed E-state index contributed by atoms with van der Waals surface area (Å²) in [5.41, 5.74) is 0.598. The first-order valence-electron chi connectivity index (χ1n) is 6.75. The highest BCUT2D eigenvalue weighted by atomic mass is 35.5. The molecular formula is C14H16ClFN4O. The van der Waals surface area contributed by atoms with Crippen LogP contribution in [0.5, 0.6) is 0 Å². The number of aryl methyl sites for hydroxylation is 1. The summed E-state index contributed by atoms with van der Waals surface area (Å²) in [5.74, 6) is 0.548. The van der Waals surface area contributed by atoms with Crippen LogP contribution in [-0.2, 0) is 18.3 Å². The van der Waals surface area contributed by atoms with E-state index in [2.05, 4.69) is 15.1 Å². The Balaban J connectivity index is 1.72. The number of hydrogen-bond acceptors (Lipinski definition) is 4. The predicted octanol–water partition coefficient (Wildman–Crippen LogP) is 2.18. The Morgan fingerprint density at radius 2 is 2.33 bits per heavy atom. The second kappa shape index (κ2) is 6.09. The number of ether oxygens (including phenoxy) is 1. The van der Waals surface area contributed by atoms with Gasteiger partial charge in [0.15, 0.2) is 5.82 Å². The molecule has 112 valence electrons. The summed E-state index contributed by atoms with van der Waals surface area (Å²) in [7, 11) is 1.88. The Labute approximate surface area is 127 Å². The van der Waals surface area contributed by atoms with Gasteiger partial charge in [-0.25, -0.2) is 4.39 Å². The van der Waals surface area contributed by atoms with Crippen molar-refractivity contribution in [3.63, 3.8) is 0 Å². The van der Waals surface area contributed by atoms with Gasteiger partial charge in [0.2, 0.25) is 0 Å². The van der Waals surface area contributed by atoms with Gasteiger partial charge in [0, 0.05) is 37.3 Å². The van der Waals surface area contributed by atoms with Crippen LogP contribution >= 0.6 is 11.6 Å². The maximum absolute atomic E-state index is 13.8. The molecule has 0 spiro atoms. The molecule has 1 atom stereocenters. The molecule has 0 saturated carbocycles. The lowest BCUT2D eigenvalue weighted by Gasteiger charge is -2.32. The quantitative estimate of drug-likeness (QED) is 0.871. The van der Waals surface area contributed by atoms with Gasteiger partial charge in [-0.05, 0) is 18.2 Å². The molecule has 2 heterocycles. The number of halogens is 2. The van der Waals surface area contributed by atoms with Crippen LogP contribution in [0.1, 0.15) is 17.5 Å². The summed E-state index contributed by atoms with van der Waals surface area (Å²) in [6, 6.07) is 4.63. The van der Waals surface area contributed by atoms with E-state index in [-0.39, 0.29) is 11.9 Å². The molecule has 1 aromatic carbocycles. The molecule has 1 aliphatic heterocycles. The first kappa shape index (κ1) is 14.4. The van der Waals surface area contributed by atoms with E-state index in [0.717, 1.165) is 12.4 Å². The van der Waals surface area contributed by atoms with Gasteiger partial charge in [0.05, 0.1) is 6.61 Å². The van der Waals surface area contributed by atoms with Crippen molar-refractivity contribution in [2.45, 2.75) is 12.6 Å². The van der Waals surface area contributed by atoms with Crippen molar-refractivity contribution in [3.05, 3.63) is 46.8 Å². The van der Waals surface area contributed by atoms with Gasteiger partial charge in [-0.3, -0.25) is 4.90 Å². The molecule has 0 bridgehead atoms. The first-order valence-corrected chi connectivity index (χ1v) is 7.13. The van der Waals surface area contributed by atoms with E-state index in [1.807, 2.05) is 11.6 Å². The zero-order chi connectivity index (χ0) is 14.8. The van der Waals surface area contributed by atoms with Gasteiger partial charge < -0.3 is 9.30 Å². The molecule has 5 nitrogen and oxygen atoms in total. The lowest BCUT2D eigenvalue weighted by molar-refractivity contribution is -0.0388. The van der Waals surface area contributed by atoms with Crippen LogP contribution in [0.3, 0.4) is 0 Å². The zero-order valence-electron chi connectivity index (χ0n) is 11.7. The van der Waals surface area contributed by atoms with Crippen LogP contribution in [0, 0.1) is 5.82 Å². The van der Waals surface area contributed by atoms with Gasteiger partial charge in [0.1, 0.15) is 18.2 Å². The van der Waals surface area contributed by atoms with Crippen molar-refractivity contribution in [1.82, 2.24) is 19.7 Å². The van der Waals surface area contributed by atoms with Crippen molar-refractivity contribution < 1.29 is 9.13 Å².